The number of thiophene rings is 1. The van der Waals surface area contributed by atoms with Crippen molar-refractivity contribution in [3.63, 3.8) is 0 Å². The third-order valence-electron chi connectivity index (χ3n) is 3.06. The van der Waals surface area contributed by atoms with E-state index < -0.39 is 0 Å². The Balaban J connectivity index is 2.18. The van der Waals surface area contributed by atoms with Crippen LogP contribution in [0, 0.1) is 0 Å². The van der Waals surface area contributed by atoms with Crippen LogP contribution in [0.15, 0.2) is 41.0 Å². The van der Waals surface area contributed by atoms with Gasteiger partial charge in [0.2, 0.25) is 0 Å². The Morgan fingerprint density at radius 3 is 2.79 bits per heavy atom. The standard InChI is InChI=1S/C13H16N4OS/c1-9(12-4-3-7-19-12)17(2)10-5-6-11(15-8-10)13(14)16-18/h3-9,18H,1-2H3,(H2,14,16). The number of hydrogen-bond donors (Lipinski definition) is 2. The Morgan fingerprint density at radius 2 is 2.26 bits per heavy atom. The molecule has 6 heteroatoms. The third-order valence-corrected chi connectivity index (χ3v) is 4.10. The molecule has 3 N–H and O–H groups in total. The molecule has 0 aromatic carbocycles. The molecule has 1 unspecified atom stereocenters. The van der Waals surface area contributed by atoms with Crippen LogP contribution in [0.25, 0.3) is 0 Å². The highest BCUT2D eigenvalue weighted by molar-refractivity contribution is 7.10. The van der Waals surface area contributed by atoms with E-state index in [1.807, 2.05) is 19.2 Å². The predicted molar refractivity (Wildman–Crippen MR) is 77.9 cm³/mol. The summed E-state index contributed by atoms with van der Waals surface area (Å²) in [6.45, 7) is 2.14. The molecule has 0 spiro atoms. The highest BCUT2D eigenvalue weighted by Gasteiger charge is 2.13. The van der Waals surface area contributed by atoms with Crippen molar-refractivity contribution in [2.24, 2.45) is 10.9 Å². The van der Waals surface area contributed by atoms with Gasteiger partial charge in [-0.2, -0.15) is 0 Å². The largest absolute Gasteiger partial charge is 0.409 e. The topological polar surface area (TPSA) is 74.7 Å². The summed E-state index contributed by atoms with van der Waals surface area (Å²) in [4.78, 5) is 7.61. The lowest BCUT2D eigenvalue weighted by Gasteiger charge is -2.26. The maximum atomic E-state index is 8.59. The smallest absolute Gasteiger partial charge is 0.188 e. The second kappa shape index (κ2) is 5.71. The van der Waals surface area contributed by atoms with Crippen LogP contribution < -0.4 is 10.6 Å². The van der Waals surface area contributed by atoms with Gasteiger partial charge in [0, 0.05) is 11.9 Å². The van der Waals surface area contributed by atoms with Gasteiger partial charge in [0.15, 0.2) is 5.84 Å². The first kappa shape index (κ1) is 13.4. The van der Waals surface area contributed by atoms with Gasteiger partial charge < -0.3 is 15.8 Å². The maximum Gasteiger partial charge on any atom is 0.188 e. The second-order valence-corrected chi connectivity index (χ2v) is 5.17. The first-order chi connectivity index (χ1) is 9.13. The Bertz CT molecular complexity index is 551. The molecule has 0 bridgehead atoms. The molecule has 2 heterocycles. The van der Waals surface area contributed by atoms with Gasteiger partial charge in [-0.05, 0) is 30.5 Å². The van der Waals surface area contributed by atoms with Crippen LogP contribution in [0.1, 0.15) is 23.5 Å². The fourth-order valence-corrected chi connectivity index (χ4v) is 2.57. The lowest BCUT2D eigenvalue weighted by Crippen LogP contribution is -2.21. The first-order valence-corrected chi connectivity index (χ1v) is 6.71. The minimum absolute atomic E-state index is 0.0144. The van der Waals surface area contributed by atoms with Crippen molar-refractivity contribution >= 4 is 22.9 Å². The number of rotatable bonds is 4. The van der Waals surface area contributed by atoms with Gasteiger partial charge in [0.05, 0.1) is 17.9 Å². The summed E-state index contributed by atoms with van der Waals surface area (Å²) in [6, 6.07) is 8.08. The first-order valence-electron chi connectivity index (χ1n) is 5.83. The van der Waals surface area contributed by atoms with E-state index in [2.05, 4.69) is 33.4 Å². The third kappa shape index (κ3) is 2.85. The highest BCUT2D eigenvalue weighted by atomic mass is 32.1. The molecule has 0 aliphatic carbocycles. The Morgan fingerprint density at radius 1 is 1.47 bits per heavy atom. The van der Waals surface area contributed by atoms with E-state index in [9.17, 15) is 0 Å². The van der Waals surface area contributed by atoms with Crippen molar-refractivity contribution in [3.05, 3.63) is 46.4 Å². The van der Waals surface area contributed by atoms with Gasteiger partial charge in [-0.3, -0.25) is 4.98 Å². The molecule has 0 fully saturated rings. The van der Waals surface area contributed by atoms with E-state index >= 15 is 0 Å². The van der Waals surface area contributed by atoms with Crippen molar-refractivity contribution in [1.82, 2.24) is 4.98 Å². The number of hydrogen-bond acceptors (Lipinski definition) is 5. The monoisotopic (exact) mass is 276 g/mol. The molecular formula is C13H16N4OS. The Labute approximate surface area is 116 Å². The van der Waals surface area contributed by atoms with Gasteiger partial charge in [-0.1, -0.05) is 11.2 Å². The van der Waals surface area contributed by atoms with Gasteiger partial charge >= 0.3 is 0 Å². The summed E-state index contributed by atoms with van der Waals surface area (Å²) in [5.74, 6) is 0.0144. The summed E-state index contributed by atoms with van der Waals surface area (Å²) >= 11 is 1.73. The van der Waals surface area contributed by atoms with Gasteiger partial charge in [0.25, 0.3) is 0 Å². The number of aromatic nitrogens is 1. The number of oxime groups is 1. The van der Waals surface area contributed by atoms with Crippen LogP contribution in [-0.4, -0.2) is 23.1 Å². The van der Waals surface area contributed by atoms with Crippen LogP contribution >= 0.6 is 11.3 Å². The summed E-state index contributed by atoms with van der Waals surface area (Å²) in [6.07, 6.45) is 1.72. The van der Waals surface area contributed by atoms with E-state index in [-0.39, 0.29) is 11.9 Å². The average Bonchev–Trinajstić information content (AvgIpc) is 2.99. The molecule has 19 heavy (non-hydrogen) atoms. The zero-order valence-electron chi connectivity index (χ0n) is 10.8. The number of nitrogens with two attached hydrogens (primary N) is 1. The van der Waals surface area contributed by atoms with Gasteiger partial charge in [-0.25, -0.2) is 0 Å². The molecular weight excluding hydrogens is 260 g/mol. The number of nitrogens with zero attached hydrogens (tertiary/aromatic N) is 3. The second-order valence-electron chi connectivity index (χ2n) is 4.19. The Hall–Kier alpha value is -2.08. The quantitative estimate of drug-likeness (QED) is 0.389. The molecule has 0 saturated heterocycles. The molecule has 2 rings (SSSR count). The molecule has 2 aromatic rings. The lowest BCUT2D eigenvalue weighted by molar-refractivity contribution is 0.318. The lowest BCUT2D eigenvalue weighted by atomic mass is 10.2. The number of pyridine rings is 1. The molecule has 2 aromatic heterocycles. The van der Waals surface area contributed by atoms with Crippen molar-refractivity contribution in [2.75, 3.05) is 11.9 Å². The Kier molecular flexibility index (Phi) is 4.01. The van der Waals surface area contributed by atoms with Crippen LogP contribution in [-0.2, 0) is 0 Å². The van der Waals surface area contributed by atoms with Crippen LogP contribution in [0.3, 0.4) is 0 Å². The SMILES string of the molecule is CC(c1cccs1)N(C)c1ccc(/C(N)=N/O)nc1. The van der Waals surface area contributed by atoms with Gasteiger partial charge in [-0.15, -0.1) is 11.3 Å². The van der Waals surface area contributed by atoms with Crippen molar-refractivity contribution in [3.8, 4) is 0 Å². The van der Waals surface area contributed by atoms with E-state index in [0.29, 0.717) is 5.69 Å². The van der Waals surface area contributed by atoms with Crippen LogP contribution in [0.4, 0.5) is 5.69 Å². The highest BCUT2D eigenvalue weighted by Crippen LogP contribution is 2.27. The van der Waals surface area contributed by atoms with Crippen LogP contribution in [0.5, 0.6) is 0 Å². The maximum absolute atomic E-state index is 8.59. The normalized spacial score (nSPS) is 13.3. The zero-order chi connectivity index (χ0) is 13.8. The molecule has 100 valence electrons. The van der Waals surface area contributed by atoms with Crippen molar-refractivity contribution in [1.29, 1.82) is 0 Å². The minimum Gasteiger partial charge on any atom is -0.409 e. The van der Waals surface area contributed by atoms with E-state index in [1.54, 1.807) is 23.6 Å². The molecule has 0 amide bonds. The van der Waals surface area contributed by atoms with Crippen molar-refractivity contribution < 1.29 is 5.21 Å². The molecule has 0 aliphatic rings. The predicted octanol–water partition coefficient (Wildman–Crippen LogP) is 2.43. The molecule has 0 aliphatic heterocycles. The molecule has 0 saturated carbocycles. The van der Waals surface area contributed by atoms with E-state index in [0.717, 1.165) is 5.69 Å². The van der Waals surface area contributed by atoms with E-state index in [4.69, 9.17) is 10.9 Å². The minimum atomic E-state index is 0.0144. The summed E-state index contributed by atoms with van der Waals surface area (Å²) < 4.78 is 0. The van der Waals surface area contributed by atoms with Gasteiger partial charge in [0.1, 0.15) is 5.69 Å². The van der Waals surface area contributed by atoms with Crippen molar-refractivity contribution in [2.45, 2.75) is 13.0 Å². The molecule has 5 nitrogen and oxygen atoms in total. The fourth-order valence-electron chi connectivity index (χ4n) is 1.74. The average molecular weight is 276 g/mol. The summed E-state index contributed by atoms with van der Waals surface area (Å²) in [5.41, 5.74) is 6.93. The summed E-state index contributed by atoms with van der Waals surface area (Å²) in [7, 11) is 2.02. The van der Waals surface area contributed by atoms with E-state index in [1.165, 1.54) is 4.88 Å². The number of amidine groups is 1. The summed E-state index contributed by atoms with van der Waals surface area (Å²) in [5, 5.41) is 13.6. The number of anilines is 1. The molecule has 0 radical (unpaired) electrons. The zero-order valence-corrected chi connectivity index (χ0v) is 11.6. The van der Waals surface area contributed by atoms with Crippen LogP contribution in [0.2, 0.25) is 0 Å². The molecule has 1 atom stereocenters. The fraction of sp³-hybridized carbons (Fsp3) is 0.231.